The van der Waals surface area contributed by atoms with Gasteiger partial charge in [-0.15, -0.1) is 0 Å². The van der Waals surface area contributed by atoms with E-state index in [2.05, 4.69) is 5.01 Å². The van der Waals surface area contributed by atoms with E-state index >= 15 is 0 Å². The summed E-state index contributed by atoms with van der Waals surface area (Å²) >= 11 is 5.77. The molecule has 0 spiro atoms. The third-order valence-electron chi connectivity index (χ3n) is 5.99. The number of amides is 2. The zero-order valence-electron chi connectivity index (χ0n) is 15.3. The highest BCUT2D eigenvalue weighted by atomic mass is 35.5. The third-order valence-corrected chi connectivity index (χ3v) is 6.29. The van der Waals surface area contributed by atoms with E-state index in [-0.39, 0.29) is 28.6 Å². The fourth-order valence-electron chi connectivity index (χ4n) is 4.76. The zero-order valence-corrected chi connectivity index (χ0v) is 16.1. The number of nitrogens with zero attached hydrogens (tertiary/aromatic N) is 3. The quantitative estimate of drug-likeness (QED) is 0.727. The van der Waals surface area contributed by atoms with Crippen LogP contribution in [0.1, 0.15) is 23.6 Å². The standard InChI is InChI=1S/C21H19ClFN3O2/c1-12-3-5-13(6-4-12)18-17-19(25-10-2-9-24(18)25)21(28)26(20(17)27)14-7-8-15(22)16(23)11-14/h3-8,11,17-19H,2,9-10H2,1H3/t17-,18-,19-/m0/s1. The van der Waals surface area contributed by atoms with Crippen LogP contribution in [-0.4, -0.2) is 41.0 Å². The Bertz CT molecular complexity index is 980. The van der Waals surface area contributed by atoms with Crippen LogP contribution in [0.4, 0.5) is 10.1 Å². The summed E-state index contributed by atoms with van der Waals surface area (Å²) in [4.78, 5) is 27.8. The second kappa shape index (κ2) is 6.37. The minimum atomic E-state index is -0.644. The lowest BCUT2D eigenvalue weighted by Crippen LogP contribution is -2.44. The molecule has 3 fully saturated rings. The maximum atomic E-state index is 14.0. The number of benzene rings is 2. The van der Waals surface area contributed by atoms with Gasteiger partial charge >= 0.3 is 0 Å². The van der Waals surface area contributed by atoms with Crippen molar-refractivity contribution >= 4 is 29.1 Å². The van der Waals surface area contributed by atoms with Crippen molar-refractivity contribution < 1.29 is 14.0 Å². The van der Waals surface area contributed by atoms with E-state index in [1.807, 2.05) is 36.2 Å². The summed E-state index contributed by atoms with van der Waals surface area (Å²) in [6, 6.07) is 11.4. The van der Waals surface area contributed by atoms with Gasteiger partial charge in [0.05, 0.1) is 22.7 Å². The lowest BCUT2D eigenvalue weighted by Gasteiger charge is -2.29. The van der Waals surface area contributed by atoms with Gasteiger partial charge in [-0.05, 0) is 37.1 Å². The van der Waals surface area contributed by atoms with Crippen LogP contribution in [0.25, 0.3) is 0 Å². The summed E-state index contributed by atoms with van der Waals surface area (Å²) in [5.41, 5.74) is 2.40. The smallest absolute Gasteiger partial charge is 0.253 e. The number of fused-ring (bicyclic) bond motifs is 3. The SMILES string of the molecule is Cc1ccc([C@H]2[C@@H]3C(=O)N(c4ccc(Cl)c(F)c4)C(=O)[C@H]3N3CCCN23)cc1. The van der Waals surface area contributed by atoms with Gasteiger partial charge in [-0.25, -0.2) is 19.3 Å². The molecule has 3 atom stereocenters. The van der Waals surface area contributed by atoms with Crippen molar-refractivity contribution in [2.75, 3.05) is 18.0 Å². The molecule has 2 aromatic carbocycles. The Morgan fingerprint density at radius 2 is 1.64 bits per heavy atom. The number of hydrogen-bond acceptors (Lipinski definition) is 4. The van der Waals surface area contributed by atoms with E-state index < -0.39 is 17.8 Å². The van der Waals surface area contributed by atoms with Crippen molar-refractivity contribution in [1.82, 2.24) is 10.0 Å². The number of anilines is 1. The first-order chi connectivity index (χ1) is 13.5. The molecule has 0 N–H and O–H groups in total. The van der Waals surface area contributed by atoms with Crippen LogP contribution >= 0.6 is 11.6 Å². The van der Waals surface area contributed by atoms with Gasteiger partial charge in [0, 0.05) is 13.1 Å². The fourth-order valence-corrected chi connectivity index (χ4v) is 4.87. The summed E-state index contributed by atoms with van der Waals surface area (Å²) < 4.78 is 14.0. The van der Waals surface area contributed by atoms with Crippen molar-refractivity contribution in [1.29, 1.82) is 0 Å². The highest BCUT2D eigenvalue weighted by Crippen LogP contribution is 2.49. The van der Waals surface area contributed by atoms with Gasteiger partial charge in [-0.3, -0.25) is 9.59 Å². The molecule has 0 bridgehead atoms. The Morgan fingerprint density at radius 1 is 0.964 bits per heavy atom. The molecule has 3 aliphatic rings. The van der Waals surface area contributed by atoms with Gasteiger partial charge in [0.15, 0.2) is 0 Å². The lowest BCUT2D eigenvalue weighted by molar-refractivity contribution is -0.126. The van der Waals surface area contributed by atoms with Gasteiger partial charge in [-0.2, -0.15) is 0 Å². The lowest BCUT2D eigenvalue weighted by atomic mass is 9.89. The van der Waals surface area contributed by atoms with E-state index in [1.54, 1.807) is 0 Å². The average molecular weight is 400 g/mol. The maximum Gasteiger partial charge on any atom is 0.253 e. The Hall–Kier alpha value is -2.28. The van der Waals surface area contributed by atoms with Crippen LogP contribution in [0.2, 0.25) is 5.02 Å². The summed E-state index contributed by atoms with van der Waals surface area (Å²) in [7, 11) is 0. The number of hydrogen-bond donors (Lipinski definition) is 0. The molecule has 0 aliphatic carbocycles. The van der Waals surface area contributed by atoms with Crippen molar-refractivity contribution in [2.45, 2.75) is 25.4 Å². The van der Waals surface area contributed by atoms with Crippen molar-refractivity contribution in [3.63, 3.8) is 0 Å². The molecule has 2 aromatic rings. The maximum absolute atomic E-state index is 14.0. The second-order valence-electron chi connectivity index (χ2n) is 7.62. The van der Waals surface area contributed by atoms with Gasteiger partial charge in [-0.1, -0.05) is 41.4 Å². The molecular formula is C21H19ClFN3O2. The molecule has 0 unspecified atom stereocenters. The topological polar surface area (TPSA) is 43.9 Å². The fraction of sp³-hybridized carbons (Fsp3) is 0.333. The molecule has 7 heteroatoms. The normalized spacial score (nSPS) is 27.5. The van der Waals surface area contributed by atoms with Gasteiger partial charge in [0.2, 0.25) is 5.91 Å². The molecule has 3 saturated heterocycles. The van der Waals surface area contributed by atoms with E-state index in [1.165, 1.54) is 12.1 Å². The van der Waals surface area contributed by atoms with Gasteiger partial charge < -0.3 is 0 Å². The Kier molecular flexibility index (Phi) is 4.05. The number of hydrazine groups is 1. The minimum absolute atomic E-state index is 0.0358. The Labute approximate surface area is 167 Å². The third kappa shape index (κ3) is 2.45. The number of carbonyl (C=O) groups excluding carboxylic acids is 2. The molecule has 0 saturated carbocycles. The molecule has 5 rings (SSSR count). The van der Waals surface area contributed by atoms with E-state index in [4.69, 9.17) is 11.6 Å². The molecule has 144 valence electrons. The van der Waals surface area contributed by atoms with E-state index in [9.17, 15) is 14.0 Å². The van der Waals surface area contributed by atoms with Gasteiger partial charge in [0.1, 0.15) is 11.9 Å². The van der Waals surface area contributed by atoms with Crippen molar-refractivity contribution in [3.05, 3.63) is 64.4 Å². The van der Waals surface area contributed by atoms with Crippen molar-refractivity contribution in [3.8, 4) is 0 Å². The molecule has 28 heavy (non-hydrogen) atoms. The summed E-state index contributed by atoms with van der Waals surface area (Å²) in [5.74, 6) is -1.72. The first kappa shape index (κ1) is 17.8. The monoisotopic (exact) mass is 399 g/mol. The van der Waals surface area contributed by atoms with Crippen LogP contribution in [0.5, 0.6) is 0 Å². The van der Waals surface area contributed by atoms with Crippen LogP contribution in [-0.2, 0) is 9.59 Å². The van der Waals surface area contributed by atoms with Crippen molar-refractivity contribution in [2.24, 2.45) is 5.92 Å². The Morgan fingerprint density at radius 3 is 2.32 bits per heavy atom. The predicted octanol–water partition coefficient (Wildman–Crippen LogP) is 3.32. The largest absolute Gasteiger partial charge is 0.274 e. The predicted molar refractivity (Wildman–Crippen MR) is 103 cm³/mol. The van der Waals surface area contributed by atoms with E-state index in [0.717, 1.165) is 41.6 Å². The number of rotatable bonds is 2. The second-order valence-corrected chi connectivity index (χ2v) is 8.02. The molecule has 3 heterocycles. The minimum Gasteiger partial charge on any atom is -0.274 e. The van der Waals surface area contributed by atoms with Gasteiger partial charge in [0.25, 0.3) is 5.91 Å². The number of imide groups is 1. The summed E-state index contributed by atoms with van der Waals surface area (Å²) in [5, 5.41) is 4.16. The summed E-state index contributed by atoms with van der Waals surface area (Å²) in [6.45, 7) is 3.58. The van der Waals surface area contributed by atoms with Crippen LogP contribution in [0.15, 0.2) is 42.5 Å². The Balaban J connectivity index is 1.58. The number of carbonyl (C=O) groups is 2. The summed E-state index contributed by atoms with van der Waals surface area (Å²) in [6.07, 6.45) is 0.947. The number of halogens is 2. The number of aryl methyl sites for hydroxylation is 1. The van der Waals surface area contributed by atoms with Crippen LogP contribution < -0.4 is 4.90 Å². The molecule has 0 aromatic heterocycles. The average Bonchev–Trinajstić information content (AvgIpc) is 3.31. The first-order valence-electron chi connectivity index (χ1n) is 9.40. The highest BCUT2D eigenvalue weighted by molar-refractivity contribution is 6.31. The molecule has 5 nitrogen and oxygen atoms in total. The van der Waals surface area contributed by atoms with Crippen LogP contribution in [0.3, 0.4) is 0 Å². The van der Waals surface area contributed by atoms with Crippen LogP contribution in [0, 0.1) is 18.7 Å². The first-order valence-corrected chi connectivity index (χ1v) is 9.78. The zero-order chi connectivity index (χ0) is 19.6. The molecule has 0 radical (unpaired) electrons. The highest BCUT2D eigenvalue weighted by Gasteiger charge is 2.62. The van der Waals surface area contributed by atoms with E-state index in [0.29, 0.717) is 0 Å². The molecule has 3 aliphatic heterocycles. The molecule has 2 amide bonds. The molecular weight excluding hydrogens is 381 g/mol.